The number of hydrogen-bond acceptors (Lipinski definition) is 2. The molecule has 1 fully saturated rings. The Morgan fingerprint density at radius 1 is 1.04 bits per heavy atom. The van der Waals surface area contributed by atoms with Crippen molar-refractivity contribution in [3.8, 4) is 0 Å². The second-order valence-corrected chi connectivity index (χ2v) is 6.53. The molecule has 0 bridgehead atoms. The number of fused-ring (bicyclic) bond motifs is 1. The third kappa shape index (κ3) is 3.01. The molecule has 3 atom stereocenters. The molecule has 0 saturated carbocycles. The van der Waals surface area contributed by atoms with Crippen LogP contribution in [0.4, 0.5) is 4.39 Å². The fraction of sp³-hybridized carbons (Fsp3) is 0.368. The monoisotopic (exact) mass is 332 g/mol. The van der Waals surface area contributed by atoms with E-state index in [2.05, 4.69) is 29.2 Å². The van der Waals surface area contributed by atoms with Gasteiger partial charge in [0, 0.05) is 31.1 Å². The first-order valence-corrected chi connectivity index (χ1v) is 8.05. The quantitative estimate of drug-likeness (QED) is 0.909. The van der Waals surface area contributed by atoms with E-state index in [1.54, 1.807) is 12.1 Å². The van der Waals surface area contributed by atoms with Gasteiger partial charge in [0.05, 0.1) is 0 Å². The lowest BCUT2D eigenvalue weighted by atomic mass is 9.95. The van der Waals surface area contributed by atoms with E-state index in [4.69, 9.17) is 5.73 Å². The third-order valence-corrected chi connectivity index (χ3v) is 5.22. The smallest absolute Gasteiger partial charge is 0.123 e. The van der Waals surface area contributed by atoms with Gasteiger partial charge in [0.2, 0.25) is 0 Å². The summed E-state index contributed by atoms with van der Waals surface area (Å²) in [6.45, 7) is 1.85. The Morgan fingerprint density at radius 3 is 2.61 bits per heavy atom. The standard InChI is InChI=1S/C19H21FN2.ClH/c20-15-8-6-14-7-9-19(16(14)10-15)22-11-17(18(21)12-22)13-4-2-1-3-5-13;/h1-6,8,10,17-19H,7,9,11-12,21H2;1H/t17-,18+,19?;/m0./s1. The molecule has 0 aromatic heterocycles. The molecule has 1 unspecified atom stereocenters. The second kappa shape index (κ2) is 6.60. The summed E-state index contributed by atoms with van der Waals surface area (Å²) in [7, 11) is 0. The van der Waals surface area contributed by atoms with Crippen molar-refractivity contribution >= 4 is 12.4 Å². The predicted octanol–water partition coefficient (Wildman–Crippen LogP) is 3.66. The predicted molar refractivity (Wildman–Crippen MR) is 93.4 cm³/mol. The molecular formula is C19H22ClFN2. The zero-order chi connectivity index (χ0) is 15.1. The highest BCUT2D eigenvalue weighted by molar-refractivity contribution is 5.85. The van der Waals surface area contributed by atoms with Gasteiger partial charge >= 0.3 is 0 Å². The highest BCUT2D eigenvalue weighted by Gasteiger charge is 2.37. The highest BCUT2D eigenvalue weighted by atomic mass is 35.5. The molecule has 1 aliphatic carbocycles. The Balaban J connectivity index is 0.00000156. The molecule has 0 amide bonds. The summed E-state index contributed by atoms with van der Waals surface area (Å²) < 4.78 is 13.6. The molecular weight excluding hydrogens is 311 g/mol. The van der Waals surface area contributed by atoms with Crippen molar-refractivity contribution in [3.63, 3.8) is 0 Å². The minimum Gasteiger partial charge on any atom is -0.326 e. The van der Waals surface area contributed by atoms with Crippen LogP contribution in [0.1, 0.15) is 35.1 Å². The normalized spacial score (nSPS) is 26.8. The number of halogens is 2. The van der Waals surface area contributed by atoms with Crippen molar-refractivity contribution in [1.82, 2.24) is 4.90 Å². The number of benzene rings is 2. The minimum atomic E-state index is -0.131. The summed E-state index contributed by atoms with van der Waals surface area (Å²) in [5.74, 6) is 0.243. The van der Waals surface area contributed by atoms with Gasteiger partial charge in [0.15, 0.2) is 0 Å². The van der Waals surface area contributed by atoms with Crippen molar-refractivity contribution in [2.45, 2.75) is 30.8 Å². The Kier molecular flexibility index (Phi) is 4.72. The van der Waals surface area contributed by atoms with Crippen LogP contribution in [0.5, 0.6) is 0 Å². The zero-order valence-electron chi connectivity index (χ0n) is 13.0. The number of aryl methyl sites for hydroxylation is 1. The van der Waals surface area contributed by atoms with Crippen molar-refractivity contribution in [3.05, 3.63) is 71.0 Å². The van der Waals surface area contributed by atoms with Crippen LogP contribution in [0.3, 0.4) is 0 Å². The number of hydrogen-bond donors (Lipinski definition) is 1. The summed E-state index contributed by atoms with van der Waals surface area (Å²) in [5, 5.41) is 0. The first kappa shape index (κ1) is 16.4. The van der Waals surface area contributed by atoms with Crippen LogP contribution in [0.25, 0.3) is 0 Å². The molecule has 1 saturated heterocycles. The molecule has 122 valence electrons. The first-order chi connectivity index (χ1) is 10.7. The fourth-order valence-corrected chi connectivity index (χ4v) is 4.10. The SMILES string of the molecule is Cl.N[C@@H]1CN(C2CCc3ccc(F)cc32)C[C@H]1c1ccccc1. The Hall–Kier alpha value is -1.42. The summed E-state index contributed by atoms with van der Waals surface area (Å²) in [6, 6.07) is 16.2. The molecule has 2 aromatic rings. The van der Waals surface area contributed by atoms with Crippen LogP contribution >= 0.6 is 12.4 Å². The van der Waals surface area contributed by atoms with E-state index in [1.807, 2.05) is 12.1 Å². The average Bonchev–Trinajstić information content (AvgIpc) is 3.11. The lowest BCUT2D eigenvalue weighted by Crippen LogP contribution is -2.30. The van der Waals surface area contributed by atoms with Gasteiger partial charge < -0.3 is 5.73 Å². The van der Waals surface area contributed by atoms with E-state index >= 15 is 0 Å². The average molecular weight is 333 g/mol. The third-order valence-electron chi connectivity index (χ3n) is 5.22. The van der Waals surface area contributed by atoms with Gasteiger partial charge in [-0.15, -0.1) is 12.4 Å². The van der Waals surface area contributed by atoms with Gasteiger partial charge in [0.25, 0.3) is 0 Å². The maximum Gasteiger partial charge on any atom is 0.123 e. The summed E-state index contributed by atoms with van der Waals surface area (Å²) in [6.07, 6.45) is 2.12. The number of likely N-dealkylation sites (tertiary alicyclic amines) is 1. The van der Waals surface area contributed by atoms with Crippen LogP contribution in [0.15, 0.2) is 48.5 Å². The maximum absolute atomic E-state index is 13.6. The molecule has 4 rings (SSSR count). The van der Waals surface area contributed by atoms with Gasteiger partial charge in [-0.25, -0.2) is 4.39 Å². The fourth-order valence-electron chi connectivity index (χ4n) is 4.10. The summed E-state index contributed by atoms with van der Waals surface area (Å²) in [5.41, 5.74) is 10.2. The molecule has 0 spiro atoms. The van der Waals surface area contributed by atoms with E-state index in [9.17, 15) is 4.39 Å². The van der Waals surface area contributed by atoms with Crippen LogP contribution in [-0.4, -0.2) is 24.0 Å². The number of nitrogens with zero attached hydrogens (tertiary/aromatic N) is 1. The van der Waals surface area contributed by atoms with Crippen LogP contribution in [0.2, 0.25) is 0 Å². The van der Waals surface area contributed by atoms with Crippen LogP contribution in [0, 0.1) is 5.82 Å². The van der Waals surface area contributed by atoms with E-state index in [0.717, 1.165) is 25.9 Å². The molecule has 2 aliphatic rings. The Labute approximate surface area is 142 Å². The molecule has 2 N–H and O–H groups in total. The van der Waals surface area contributed by atoms with Crippen LogP contribution in [-0.2, 0) is 6.42 Å². The molecule has 2 aromatic carbocycles. The second-order valence-electron chi connectivity index (χ2n) is 6.53. The lowest BCUT2D eigenvalue weighted by molar-refractivity contribution is 0.239. The summed E-state index contributed by atoms with van der Waals surface area (Å²) >= 11 is 0. The lowest BCUT2D eigenvalue weighted by Gasteiger charge is -2.25. The Morgan fingerprint density at radius 2 is 1.83 bits per heavy atom. The van der Waals surface area contributed by atoms with Gasteiger partial charge in [-0.05, 0) is 41.7 Å². The topological polar surface area (TPSA) is 29.3 Å². The largest absolute Gasteiger partial charge is 0.326 e. The van der Waals surface area contributed by atoms with Gasteiger partial charge in [-0.3, -0.25) is 4.90 Å². The maximum atomic E-state index is 13.6. The first-order valence-electron chi connectivity index (χ1n) is 8.05. The number of nitrogens with two attached hydrogens (primary N) is 1. The highest BCUT2D eigenvalue weighted by Crippen LogP contribution is 2.40. The molecule has 23 heavy (non-hydrogen) atoms. The van der Waals surface area contributed by atoms with E-state index in [1.165, 1.54) is 16.7 Å². The molecule has 1 heterocycles. The van der Waals surface area contributed by atoms with E-state index in [-0.39, 0.29) is 24.3 Å². The Bertz CT molecular complexity index is 676. The summed E-state index contributed by atoms with van der Waals surface area (Å²) in [4.78, 5) is 2.45. The van der Waals surface area contributed by atoms with Gasteiger partial charge in [-0.1, -0.05) is 36.4 Å². The van der Waals surface area contributed by atoms with Crippen molar-refractivity contribution in [2.75, 3.05) is 13.1 Å². The van der Waals surface area contributed by atoms with E-state index in [0.29, 0.717) is 12.0 Å². The molecule has 0 radical (unpaired) electrons. The molecule has 4 heteroatoms. The molecule has 1 aliphatic heterocycles. The minimum absolute atomic E-state index is 0. The van der Waals surface area contributed by atoms with Gasteiger partial charge in [0.1, 0.15) is 5.82 Å². The number of rotatable bonds is 2. The van der Waals surface area contributed by atoms with Crippen molar-refractivity contribution < 1.29 is 4.39 Å². The zero-order valence-corrected chi connectivity index (χ0v) is 13.8. The van der Waals surface area contributed by atoms with Crippen molar-refractivity contribution in [2.24, 2.45) is 5.73 Å². The molecule has 2 nitrogen and oxygen atoms in total. The van der Waals surface area contributed by atoms with Crippen LogP contribution < -0.4 is 5.73 Å². The van der Waals surface area contributed by atoms with Crippen molar-refractivity contribution in [1.29, 1.82) is 0 Å². The van der Waals surface area contributed by atoms with Gasteiger partial charge in [-0.2, -0.15) is 0 Å². The van der Waals surface area contributed by atoms with E-state index < -0.39 is 0 Å².